The molecule has 1 atom stereocenters. The largest absolute Gasteiger partial charge is 0.389 e. The number of anilines is 3. The zero-order valence-electron chi connectivity index (χ0n) is 21.5. The van der Waals surface area contributed by atoms with Crippen LogP contribution in [0.4, 0.5) is 26.2 Å². The molecular weight excluding hydrogens is 514 g/mol. The van der Waals surface area contributed by atoms with E-state index in [2.05, 4.69) is 46.0 Å². The molecule has 2 fully saturated rings. The Morgan fingerprint density at radius 3 is 2.39 bits per heavy atom. The van der Waals surface area contributed by atoms with Crippen LogP contribution >= 0.6 is 12.4 Å². The van der Waals surface area contributed by atoms with Crippen molar-refractivity contribution in [2.24, 2.45) is 0 Å². The molecule has 0 amide bonds. The molecule has 0 unspecified atom stereocenters. The number of nitrogens with two attached hydrogens (primary N) is 1. The van der Waals surface area contributed by atoms with Crippen LogP contribution in [0.25, 0.3) is 11.9 Å². The predicted molar refractivity (Wildman–Crippen MR) is 147 cm³/mol. The Hall–Kier alpha value is -3.28. The van der Waals surface area contributed by atoms with Gasteiger partial charge >= 0.3 is 0 Å². The Morgan fingerprint density at radius 1 is 1.03 bits per heavy atom. The number of halogens is 3. The Bertz CT molecular complexity index is 1280. The lowest BCUT2D eigenvalue weighted by atomic mass is 10.1. The van der Waals surface area contributed by atoms with Crippen molar-refractivity contribution in [2.75, 3.05) is 54.8 Å². The van der Waals surface area contributed by atoms with Gasteiger partial charge in [-0.15, -0.1) is 12.4 Å². The summed E-state index contributed by atoms with van der Waals surface area (Å²) in [6.07, 6.45) is 6.42. The highest BCUT2D eigenvalue weighted by atomic mass is 35.5. The molecule has 204 valence electrons. The minimum Gasteiger partial charge on any atom is -0.389 e. The van der Waals surface area contributed by atoms with Crippen molar-refractivity contribution in [1.29, 1.82) is 0 Å². The molecule has 0 saturated carbocycles. The average Bonchev–Trinajstić information content (AvgIpc) is 3.25. The van der Waals surface area contributed by atoms with Gasteiger partial charge in [-0.2, -0.15) is 15.1 Å². The van der Waals surface area contributed by atoms with Gasteiger partial charge in [-0.25, -0.2) is 13.5 Å². The summed E-state index contributed by atoms with van der Waals surface area (Å²) >= 11 is 0. The van der Waals surface area contributed by atoms with Crippen molar-refractivity contribution in [3.05, 3.63) is 59.4 Å². The zero-order chi connectivity index (χ0) is 26.1. The number of nitrogens with zero attached hydrogens (tertiary/aromatic N) is 7. The van der Waals surface area contributed by atoms with Crippen molar-refractivity contribution >= 4 is 35.9 Å². The van der Waals surface area contributed by atoms with Crippen molar-refractivity contribution in [3.63, 3.8) is 0 Å². The Labute approximate surface area is 227 Å². The van der Waals surface area contributed by atoms with E-state index >= 15 is 0 Å². The van der Waals surface area contributed by atoms with Crippen molar-refractivity contribution < 1.29 is 13.9 Å². The lowest BCUT2D eigenvalue weighted by Gasteiger charge is -2.40. The maximum atomic E-state index is 13.6. The molecule has 4 heterocycles. The number of nitrogen functional groups attached to an aromatic ring is 1. The van der Waals surface area contributed by atoms with E-state index in [1.54, 1.807) is 4.68 Å². The SMILES string of the molecule is CCc1c(C=CCN2CCN(c3cc(F)cc(F)c3)C[C@H]2C)cnn1-c1cc(N2CC(O)C2)nc(N)n1.Cl. The van der Waals surface area contributed by atoms with Crippen LogP contribution in [0.2, 0.25) is 0 Å². The molecule has 2 aromatic heterocycles. The molecule has 3 aromatic rings. The fourth-order valence-electron chi connectivity index (χ4n) is 4.97. The van der Waals surface area contributed by atoms with E-state index in [-0.39, 0.29) is 30.5 Å². The van der Waals surface area contributed by atoms with E-state index in [9.17, 15) is 13.9 Å². The molecule has 12 heteroatoms. The smallest absolute Gasteiger partial charge is 0.224 e. The van der Waals surface area contributed by atoms with E-state index < -0.39 is 11.6 Å². The number of benzene rings is 1. The normalized spacial score (nSPS) is 18.6. The topological polar surface area (TPSA) is 99.6 Å². The summed E-state index contributed by atoms with van der Waals surface area (Å²) in [7, 11) is 0. The van der Waals surface area contributed by atoms with Crippen molar-refractivity contribution in [1.82, 2.24) is 24.6 Å². The number of β-amino-alcohol motifs (C(OH)–C–C–N with tert-alkyl or cyclic N) is 1. The molecule has 5 rings (SSSR count). The predicted octanol–water partition coefficient (Wildman–Crippen LogP) is 2.91. The summed E-state index contributed by atoms with van der Waals surface area (Å²) < 4.78 is 29.1. The second kappa shape index (κ2) is 11.6. The van der Waals surface area contributed by atoms with Crippen LogP contribution in [0.3, 0.4) is 0 Å². The molecule has 1 aromatic carbocycles. The Morgan fingerprint density at radius 2 is 1.74 bits per heavy atom. The van der Waals surface area contributed by atoms with Crippen LogP contribution < -0.4 is 15.5 Å². The molecule has 2 aliphatic heterocycles. The van der Waals surface area contributed by atoms with E-state index in [4.69, 9.17) is 5.73 Å². The van der Waals surface area contributed by atoms with Gasteiger partial charge in [0.05, 0.1) is 18.0 Å². The summed E-state index contributed by atoms with van der Waals surface area (Å²) in [4.78, 5) is 15.0. The number of aliphatic hydroxyl groups excluding tert-OH is 1. The van der Waals surface area contributed by atoms with Gasteiger partial charge in [0.25, 0.3) is 0 Å². The van der Waals surface area contributed by atoms with Crippen LogP contribution in [0.1, 0.15) is 25.1 Å². The number of hydrogen-bond acceptors (Lipinski definition) is 8. The monoisotopic (exact) mass is 546 g/mol. The maximum absolute atomic E-state index is 13.6. The van der Waals surface area contributed by atoms with E-state index in [0.717, 1.165) is 36.8 Å². The molecule has 0 spiro atoms. The highest BCUT2D eigenvalue weighted by Crippen LogP contribution is 2.24. The van der Waals surface area contributed by atoms with E-state index in [1.807, 2.05) is 22.1 Å². The molecule has 3 N–H and O–H groups in total. The maximum Gasteiger partial charge on any atom is 0.224 e. The second-order valence-electron chi connectivity index (χ2n) is 9.63. The van der Waals surface area contributed by atoms with Crippen LogP contribution in [-0.2, 0) is 6.42 Å². The number of hydrogen-bond donors (Lipinski definition) is 2. The van der Waals surface area contributed by atoms with E-state index in [0.29, 0.717) is 43.5 Å². The summed E-state index contributed by atoms with van der Waals surface area (Å²) in [5, 5.41) is 14.2. The lowest BCUT2D eigenvalue weighted by molar-refractivity contribution is 0.141. The zero-order valence-corrected chi connectivity index (χ0v) is 22.3. The Kier molecular flexibility index (Phi) is 8.49. The number of piperazine rings is 1. The molecule has 9 nitrogen and oxygen atoms in total. The molecule has 0 bridgehead atoms. The quantitative estimate of drug-likeness (QED) is 0.467. The third-order valence-electron chi connectivity index (χ3n) is 6.97. The summed E-state index contributed by atoms with van der Waals surface area (Å²) in [6, 6.07) is 5.73. The number of rotatable bonds is 7. The highest BCUT2D eigenvalue weighted by molar-refractivity contribution is 5.85. The number of aromatic nitrogens is 4. The molecule has 38 heavy (non-hydrogen) atoms. The van der Waals surface area contributed by atoms with Crippen LogP contribution in [0.5, 0.6) is 0 Å². The first-order valence-corrected chi connectivity index (χ1v) is 12.6. The van der Waals surface area contributed by atoms with Crippen LogP contribution in [-0.4, -0.2) is 81.2 Å². The minimum absolute atomic E-state index is 0. The summed E-state index contributed by atoms with van der Waals surface area (Å²) in [6.45, 7) is 8.18. The molecule has 0 aliphatic carbocycles. The fourth-order valence-corrected chi connectivity index (χ4v) is 4.97. The molecular formula is C26H33ClF2N8O. The van der Waals surface area contributed by atoms with Gasteiger partial charge in [-0.1, -0.05) is 19.1 Å². The first-order valence-electron chi connectivity index (χ1n) is 12.6. The molecule has 2 saturated heterocycles. The van der Waals surface area contributed by atoms with Gasteiger partial charge in [0.2, 0.25) is 5.95 Å². The third kappa shape index (κ3) is 5.90. The molecule has 2 aliphatic rings. The highest BCUT2D eigenvalue weighted by Gasteiger charge is 2.27. The standard InChI is InChI=1S/C26H32F2N8O.ClH/c1-3-23-18(13-30-36(23)25-12-24(31-26(29)32-25)35-15-22(37)16-35)5-4-6-33-7-8-34(14-17(33)2)21-10-19(27)9-20(28)11-21;/h4-5,9-13,17,22,37H,3,6-8,14-16H2,1-2H3,(H2,29,31,32);1H/t17-;/m1./s1. The first kappa shape index (κ1) is 27.7. The van der Waals surface area contributed by atoms with Crippen LogP contribution in [0, 0.1) is 11.6 Å². The number of aliphatic hydroxyl groups is 1. The van der Waals surface area contributed by atoms with Crippen LogP contribution in [0.15, 0.2) is 36.5 Å². The Balaban J connectivity index is 0.00000336. The van der Waals surface area contributed by atoms with Gasteiger partial charge in [0.15, 0.2) is 5.82 Å². The van der Waals surface area contributed by atoms with Gasteiger partial charge < -0.3 is 20.6 Å². The average molecular weight is 547 g/mol. The molecule has 0 radical (unpaired) electrons. The van der Waals surface area contributed by atoms with Gasteiger partial charge in [0, 0.05) is 68.7 Å². The van der Waals surface area contributed by atoms with Gasteiger partial charge in [-0.05, 0) is 25.5 Å². The van der Waals surface area contributed by atoms with Crippen molar-refractivity contribution in [2.45, 2.75) is 32.4 Å². The fraction of sp³-hybridized carbons (Fsp3) is 0.423. The lowest BCUT2D eigenvalue weighted by Crippen LogP contribution is -2.51. The van der Waals surface area contributed by atoms with Crippen molar-refractivity contribution in [3.8, 4) is 5.82 Å². The summed E-state index contributed by atoms with van der Waals surface area (Å²) in [5.41, 5.74) is 8.56. The second-order valence-corrected chi connectivity index (χ2v) is 9.63. The minimum atomic E-state index is -0.555. The van der Waals surface area contributed by atoms with Gasteiger partial charge in [0.1, 0.15) is 17.5 Å². The third-order valence-corrected chi connectivity index (χ3v) is 6.97. The first-order chi connectivity index (χ1) is 17.8. The summed E-state index contributed by atoms with van der Waals surface area (Å²) in [5.74, 6) is 0.328. The van der Waals surface area contributed by atoms with E-state index in [1.165, 1.54) is 12.1 Å². The van der Waals surface area contributed by atoms with Gasteiger partial charge in [-0.3, -0.25) is 4.90 Å².